The molecule has 0 bridgehead atoms. The van der Waals surface area contributed by atoms with Crippen molar-refractivity contribution in [3.63, 3.8) is 0 Å². The summed E-state index contributed by atoms with van der Waals surface area (Å²) in [6, 6.07) is 5.89. The Kier molecular flexibility index (Phi) is 6.52. The quantitative estimate of drug-likeness (QED) is 0.719. The van der Waals surface area contributed by atoms with E-state index in [0.29, 0.717) is 32.0 Å². The van der Waals surface area contributed by atoms with Crippen LogP contribution in [0.25, 0.3) is 0 Å². The second kappa shape index (κ2) is 8.61. The molecule has 23 heavy (non-hydrogen) atoms. The van der Waals surface area contributed by atoms with Crippen molar-refractivity contribution in [1.29, 1.82) is 0 Å². The molecule has 0 aliphatic heterocycles. The number of ether oxygens (including phenoxy) is 2. The van der Waals surface area contributed by atoms with E-state index < -0.39 is 0 Å². The lowest BCUT2D eigenvalue weighted by Gasteiger charge is -2.12. The normalized spacial score (nSPS) is 10.6. The second-order valence-corrected chi connectivity index (χ2v) is 5.91. The molecule has 0 unspecified atom stereocenters. The Morgan fingerprint density at radius 3 is 2.91 bits per heavy atom. The lowest BCUT2D eigenvalue weighted by atomic mass is 10.1. The van der Waals surface area contributed by atoms with Gasteiger partial charge in [0.2, 0.25) is 0 Å². The monoisotopic (exact) mass is 335 g/mol. The standard InChI is InChI=1S/C16H21N3O3S/c1-11-3-4-12(14(7-11)22-6-5-21-2)9-18-16(20)13-10-23-15(8-17)19-13/h3-4,7,10H,5-6,8-9,17H2,1-2H3,(H,18,20). The SMILES string of the molecule is COCCOc1cc(C)ccc1CNC(=O)c1csc(CN)n1. The van der Waals surface area contributed by atoms with Crippen molar-refractivity contribution < 1.29 is 14.3 Å². The zero-order valence-electron chi connectivity index (χ0n) is 13.3. The van der Waals surface area contributed by atoms with E-state index >= 15 is 0 Å². The molecule has 3 N–H and O–H groups in total. The third-order valence-corrected chi connectivity index (χ3v) is 4.04. The van der Waals surface area contributed by atoms with Crippen molar-refractivity contribution in [2.45, 2.75) is 20.0 Å². The Morgan fingerprint density at radius 1 is 1.39 bits per heavy atom. The summed E-state index contributed by atoms with van der Waals surface area (Å²) in [7, 11) is 1.63. The molecule has 1 aromatic heterocycles. The fourth-order valence-electron chi connectivity index (χ4n) is 1.95. The number of nitrogens with two attached hydrogens (primary N) is 1. The zero-order valence-corrected chi connectivity index (χ0v) is 14.1. The molecule has 2 rings (SSSR count). The van der Waals surface area contributed by atoms with Gasteiger partial charge in [-0.15, -0.1) is 11.3 Å². The highest BCUT2D eigenvalue weighted by molar-refractivity contribution is 7.09. The molecule has 0 fully saturated rings. The summed E-state index contributed by atoms with van der Waals surface area (Å²) in [5.41, 5.74) is 7.91. The third kappa shape index (κ3) is 5.02. The molecule has 1 aromatic carbocycles. The van der Waals surface area contributed by atoms with Gasteiger partial charge in [-0.05, 0) is 18.6 Å². The number of aromatic nitrogens is 1. The van der Waals surface area contributed by atoms with E-state index in [1.165, 1.54) is 11.3 Å². The molecule has 0 aliphatic rings. The average molecular weight is 335 g/mol. The van der Waals surface area contributed by atoms with E-state index in [9.17, 15) is 4.79 Å². The van der Waals surface area contributed by atoms with Crippen LogP contribution in [0.1, 0.15) is 26.6 Å². The largest absolute Gasteiger partial charge is 0.491 e. The Morgan fingerprint density at radius 2 is 2.22 bits per heavy atom. The number of carbonyl (C=O) groups is 1. The van der Waals surface area contributed by atoms with Gasteiger partial charge < -0.3 is 20.5 Å². The molecule has 0 atom stereocenters. The van der Waals surface area contributed by atoms with E-state index in [0.717, 1.165) is 21.9 Å². The molecule has 1 heterocycles. The highest BCUT2D eigenvalue weighted by Crippen LogP contribution is 2.20. The predicted octanol–water partition coefficient (Wildman–Crippen LogP) is 1.87. The number of hydrogen-bond donors (Lipinski definition) is 2. The lowest BCUT2D eigenvalue weighted by Crippen LogP contribution is -2.23. The molecule has 0 saturated carbocycles. The number of benzene rings is 1. The smallest absolute Gasteiger partial charge is 0.271 e. The van der Waals surface area contributed by atoms with Crippen LogP contribution in [0.5, 0.6) is 5.75 Å². The van der Waals surface area contributed by atoms with Crippen molar-refractivity contribution in [3.05, 3.63) is 45.4 Å². The maximum Gasteiger partial charge on any atom is 0.271 e. The molecule has 0 spiro atoms. The van der Waals surface area contributed by atoms with Crippen molar-refractivity contribution in [3.8, 4) is 5.75 Å². The van der Waals surface area contributed by atoms with Crippen LogP contribution in [0.15, 0.2) is 23.6 Å². The second-order valence-electron chi connectivity index (χ2n) is 4.97. The van der Waals surface area contributed by atoms with Crippen molar-refractivity contribution in [2.24, 2.45) is 5.73 Å². The van der Waals surface area contributed by atoms with Crippen molar-refractivity contribution in [2.75, 3.05) is 20.3 Å². The summed E-state index contributed by atoms with van der Waals surface area (Å²) in [5, 5.41) is 5.31. The summed E-state index contributed by atoms with van der Waals surface area (Å²) >= 11 is 1.38. The number of nitrogens with one attached hydrogen (secondary N) is 1. The molecule has 2 aromatic rings. The first-order valence-electron chi connectivity index (χ1n) is 7.28. The molecule has 0 radical (unpaired) electrons. The number of rotatable bonds is 8. The van der Waals surface area contributed by atoms with Crippen molar-refractivity contribution in [1.82, 2.24) is 10.3 Å². The first-order valence-corrected chi connectivity index (χ1v) is 8.16. The molecule has 6 nitrogen and oxygen atoms in total. The van der Waals surface area contributed by atoms with Crippen LogP contribution in [0.4, 0.5) is 0 Å². The van der Waals surface area contributed by atoms with E-state index in [4.69, 9.17) is 15.2 Å². The summed E-state index contributed by atoms with van der Waals surface area (Å²) < 4.78 is 10.7. The molecular formula is C16H21N3O3S. The molecule has 1 amide bonds. The van der Waals surface area contributed by atoms with Gasteiger partial charge >= 0.3 is 0 Å². The molecule has 0 aliphatic carbocycles. The minimum absolute atomic E-state index is 0.218. The first-order chi connectivity index (χ1) is 11.1. The number of thiazole rings is 1. The maximum atomic E-state index is 12.1. The van der Waals surface area contributed by atoms with Gasteiger partial charge in [0.25, 0.3) is 5.91 Å². The fourth-order valence-corrected chi connectivity index (χ4v) is 2.61. The lowest BCUT2D eigenvalue weighted by molar-refractivity contribution is 0.0946. The number of aryl methyl sites for hydroxylation is 1. The highest BCUT2D eigenvalue weighted by atomic mass is 32.1. The van der Waals surface area contributed by atoms with Gasteiger partial charge in [-0.25, -0.2) is 4.98 Å². The van der Waals surface area contributed by atoms with Gasteiger partial charge in [-0.2, -0.15) is 0 Å². The van der Waals surface area contributed by atoms with Gasteiger partial charge in [0.05, 0.1) is 6.61 Å². The minimum Gasteiger partial charge on any atom is -0.491 e. The van der Waals surface area contributed by atoms with Crippen LogP contribution >= 0.6 is 11.3 Å². The van der Waals surface area contributed by atoms with E-state index in [-0.39, 0.29) is 5.91 Å². The van der Waals surface area contributed by atoms with Gasteiger partial charge in [0.15, 0.2) is 0 Å². The van der Waals surface area contributed by atoms with Gasteiger partial charge in [-0.1, -0.05) is 12.1 Å². The fraction of sp³-hybridized carbons (Fsp3) is 0.375. The summed E-state index contributed by atoms with van der Waals surface area (Å²) in [6.45, 7) is 3.69. The summed E-state index contributed by atoms with van der Waals surface area (Å²) in [4.78, 5) is 16.3. The van der Waals surface area contributed by atoms with Crippen LogP contribution in [0.3, 0.4) is 0 Å². The van der Waals surface area contributed by atoms with Crippen molar-refractivity contribution >= 4 is 17.2 Å². The summed E-state index contributed by atoms with van der Waals surface area (Å²) in [6.07, 6.45) is 0. The van der Waals surface area contributed by atoms with Gasteiger partial charge in [0, 0.05) is 31.1 Å². The van der Waals surface area contributed by atoms with Gasteiger partial charge in [0.1, 0.15) is 23.1 Å². The van der Waals surface area contributed by atoms with Crippen LogP contribution < -0.4 is 15.8 Å². The molecule has 7 heteroatoms. The first kappa shape index (κ1) is 17.4. The third-order valence-electron chi connectivity index (χ3n) is 3.17. The predicted molar refractivity (Wildman–Crippen MR) is 89.7 cm³/mol. The number of amides is 1. The Hall–Kier alpha value is -1.96. The van der Waals surface area contributed by atoms with Crippen LogP contribution in [-0.2, 0) is 17.8 Å². The number of methoxy groups -OCH3 is 1. The molecule has 124 valence electrons. The summed E-state index contributed by atoms with van der Waals surface area (Å²) in [5.74, 6) is 0.535. The maximum absolute atomic E-state index is 12.1. The number of hydrogen-bond acceptors (Lipinski definition) is 6. The topological polar surface area (TPSA) is 86.5 Å². The van der Waals surface area contributed by atoms with Crippen LogP contribution in [-0.4, -0.2) is 31.2 Å². The van der Waals surface area contributed by atoms with E-state index in [1.807, 2.05) is 25.1 Å². The highest BCUT2D eigenvalue weighted by Gasteiger charge is 2.11. The minimum atomic E-state index is -0.218. The molecule has 0 saturated heterocycles. The van der Waals surface area contributed by atoms with Crippen LogP contribution in [0, 0.1) is 6.92 Å². The average Bonchev–Trinajstić information content (AvgIpc) is 3.03. The Balaban J connectivity index is 2.00. The Labute approximate surface area is 139 Å². The van der Waals surface area contributed by atoms with Gasteiger partial charge in [-0.3, -0.25) is 4.79 Å². The number of carbonyl (C=O) groups excluding carboxylic acids is 1. The number of nitrogens with zero attached hydrogens (tertiary/aromatic N) is 1. The molecular weight excluding hydrogens is 314 g/mol. The van der Waals surface area contributed by atoms with Crippen LogP contribution in [0.2, 0.25) is 0 Å². The van der Waals surface area contributed by atoms with E-state index in [2.05, 4.69) is 10.3 Å². The zero-order chi connectivity index (χ0) is 16.7. The van der Waals surface area contributed by atoms with E-state index in [1.54, 1.807) is 12.5 Å². The Bertz CT molecular complexity index is 658.